The summed E-state index contributed by atoms with van der Waals surface area (Å²) in [6.45, 7) is -3.37. The van der Waals surface area contributed by atoms with E-state index in [1.807, 2.05) is 0 Å². The van der Waals surface area contributed by atoms with Crippen molar-refractivity contribution in [2.24, 2.45) is 0 Å². The van der Waals surface area contributed by atoms with Gasteiger partial charge >= 0.3 is 12.4 Å². The summed E-state index contributed by atoms with van der Waals surface area (Å²) in [6.07, 6.45) is -10.5. The number of halogens is 7. The van der Waals surface area contributed by atoms with Crippen LogP contribution in [0.2, 0.25) is 5.15 Å². The van der Waals surface area contributed by atoms with Crippen molar-refractivity contribution in [2.45, 2.75) is 38.2 Å². The minimum atomic E-state index is -5.70. The van der Waals surface area contributed by atoms with Crippen molar-refractivity contribution in [2.75, 3.05) is 10.6 Å². The van der Waals surface area contributed by atoms with Gasteiger partial charge in [0.2, 0.25) is 11.9 Å². The van der Waals surface area contributed by atoms with Crippen molar-refractivity contribution in [3.05, 3.63) is 23.3 Å². The average molecular weight is 421 g/mol. The highest BCUT2D eigenvalue weighted by atomic mass is 35.5. The molecule has 0 aliphatic carbocycles. The summed E-state index contributed by atoms with van der Waals surface area (Å²) in [6, 6.07) is -6.79. The Kier molecular flexibility index (Phi) is 3.92. The lowest BCUT2D eigenvalue weighted by molar-refractivity contribution is -0.139. The second-order valence-electron chi connectivity index (χ2n) is 4.90. The minimum absolute atomic E-state index is 0.411. The van der Waals surface area contributed by atoms with Crippen LogP contribution in [0, 0.1) is 0 Å². The largest absolute Gasteiger partial charge is 0.408 e. The number of nitrogens with zero attached hydrogens (tertiary/aromatic N) is 4. The summed E-state index contributed by atoms with van der Waals surface area (Å²) in [4.78, 5) is 14.0. The van der Waals surface area contributed by atoms with Crippen LogP contribution in [0.5, 0.6) is 0 Å². The molecule has 2 atom stereocenters. The van der Waals surface area contributed by atoms with E-state index in [0.717, 1.165) is 6.07 Å². The molecule has 148 valence electrons. The monoisotopic (exact) mass is 420 g/mol. The second kappa shape index (κ2) is 7.71. The van der Waals surface area contributed by atoms with E-state index in [1.54, 1.807) is 5.32 Å². The number of aromatic nitrogens is 4. The van der Waals surface area contributed by atoms with E-state index in [0.29, 0.717) is 6.92 Å². The number of hydrogen-bond donors (Lipinski definition) is 2. The molecule has 0 bridgehead atoms. The third kappa shape index (κ3) is 5.81. The normalized spacial score (nSPS) is 19.4. The molecule has 2 aromatic rings. The first-order valence-corrected chi connectivity index (χ1v) is 7.22. The minimum Gasteiger partial charge on any atom is -0.343 e. The first kappa shape index (κ1) is 13.7. The Hall–Kier alpha value is -2.37. The van der Waals surface area contributed by atoms with Gasteiger partial charge in [-0.15, -0.1) is 0 Å². The summed E-state index contributed by atoms with van der Waals surface area (Å²) in [5.74, 6) is -2.98. The third-order valence-corrected chi connectivity index (χ3v) is 3.01. The quantitative estimate of drug-likeness (QED) is 0.554. The molecule has 0 spiro atoms. The molecule has 27 heavy (non-hydrogen) atoms. The number of rotatable bonds is 5. The number of alkyl halides is 6. The average Bonchev–Trinajstić information content (AvgIpc) is 2.61. The Morgan fingerprint density at radius 2 is 1.67 bits per heavy atom. The van der Waals surface area contributed by atoms with E-state index >= 15 is 0 Å². The number of nitrogens with one attached hydrogen (secondary N) is 2. The fraction of sp³-hybridized carbons (Fsp3) is 0.429. The van der Waals surface area contributed by atoms with E-state index in [1.165, 1.54) is 5.32 Å². The fourth-order valence-electron chi connectivity index (χ4n) is 1.50. The zero-order valence-corrected chi connectivity index (χ0v) is 13.8. The predicted octanol–water partition coefficient (Wildman–Crippen LogP) is 4.31. The molecule has 2 aromatic heterocycles. The van der Waals surface area contributed by atoms with Crippen LogP contribution < -0.4 is 10.6 Å². The maximum atomic E-state index is 13.4. The van der Waals surface area contributed by atoms with Crippen molar-refractivity contribution in [1.82, 2.24) is 19.9 Å². The topological polar surface area (TPSA) is 75.6 Å². The fourth-order valence-corrected chi connectivity index (χ4v) is 1.64. The van der Waals surface area contributed by atoms with Gasteiger partial charge in [0, 0.05) is 4.11 Å². The highest BCUT2D eigenvalue weighted by Crippen LogP contribution is 2.26. The van der Waals surface area contributed by atoms with Gasteiger partial charge in [-0.2, -0.15) is 41.3 Å². The Morgan fingerprint density at radius 3 is 2.22 bits per heavy atom. The number of hydrogen-bond acceptors (Lipinski definition) is 6. The molecule has 13 heteroatoms. The van der Waals surface area contributed by atoms with Crippen LogP contribution >= 0.6 is 11.6 Å². The molecule has 0 saturated heterocycles. The summed E-state index contributed by atoms with van der Waals surface area (Å²) in [7, 11) is 0. The molecule has 0 fully saturated rings. The molecule has 2 heterocycles. The zero-order chi connectivity index (χ0) is 25.6. The molecule has 0 aliphatic rings. The van der Waals surface area contributed by atoms with E-state index in [4.69, 9.17) is 19.8 Å². The van der Waals surface area contributed by atoms with Crippen molar-refractivity contribution < 1.29 is 34.6 Å². The van der Waals surface area contributed by atoms with E-state index in [2.05, 4.69) is 19.9 Å². The Labute approximate surface area is 162 Å². The maximum Gasteiger partial charge on any atom is 0.408 e. The van der Waals surface area contributed by atoms with Gasteiger partial charge in [-0.1, -0.05) is 17.7 Å². The van der Waals surface area contributed by atoms with Gasteiger partial charge in [0.25, 0.3) is 0 Å². The lowest BCUT2D eigenvalue weighted by atomic mass is 10.3. The smallest absolute Gasteiger partial charge is 0.343 e. The molecule has 0 radical (unpaired) electrons. The highest BCUT2D eigenvalue weighted by Gasteiger charge is 2.38. The van der Waals surface area contributed by atoms with Gasteiger partial charge in [0.1, 0.15) is 22.9 Å². The van der Waals surface area contributed by atoms with Gasteiger partial charge in [0.15, 0.2) is 5.82 Å². The molecule has 0 aromatic carbocycles. The van der Waals surface area contributed by atoms with Crippen molar-refractivity contribution in [3.8, 4) is 11.5 Å². The third-order valence-electron chi connectivity index (χ3n) is 2.81. The van der Waals surface area contributed by atoms with E-state index in [9.17, 15) is 26.3 Å². The lowest BCUT2D eigenvalue weighted by Crippen LogP contribution is -2.35. The lowest BCUT2D eigenvalue weighted by Gasteiger charge is -2.20. The van der Waals surface area contributed by atoms with Crippen LogP contribution in [0.4, 0.5) is 38.2 Å². The summed E-state index contributed by atoms with van der Waals surface area (Å²) in [5, 5.41) is 2.57. The van der Waals surface area contributed by atoms with E-state index < -0.39 is 71.9 Å². The Bertz CT molecular complexity index is 1020. The molecule has 0 amide bonds. The van der Waals surface area contributed by atoms with Crippen LogP contribution in [0.15, 0.2) is 18.2 Å². The first-order chi connectivity index (χ1) is 14.8. The van der Waals surface area contributed by atoms with E-state index in [-0.39, 0.29) is 0 Å². The summed E-state index contributed by atoms with van der Waals surface area (Å²) < 4.78 is 123. The predicted molar refractivity (Wildman–Crippen MR) is 86.3 cm³/mol. The van der Waals surface area contributed by atoms with Crippen LogP contribution in [-0.2, 0) is 0 Å². The summed E-state index contributed by atoms with van der Waals surface area (Å²) >= 11 is 5.70. The second-order valence-corrected chi connectivity index (χ2v) is 5.25. The number of anilines is 2. The van der Waals surface area contributed by atoms with Gasteiger partial charge in [0.05, 0.1) is 4.11 Å². The standard InChI is InChI=1S/C14H13ClF6N6/c1-6(13(16,17)18)22-11-25-10(8-4-3-5-9(15)24-8)26-12(27-11)23-7(2)14(19,20)21/h3-7H,1-2H3,(H2,22,23,25,26,27)/i1D3,4D,5D,6D. The summed E-state index contributed by atoms with van der Waals surface area (Å²) in [5.41, 5.74) is -0.555. The van der Waals surface area contributed by atoms with Crippen molar-refractivity contribution in [3.63, 3.8) is 0 Å². The zero-order valence-electron chi connectivity index (χ0n) is 19.1. The van der Waals surface area contributed by atoms with Gasteiger partial charge in [-0.3, -0.25) is 0 Å². The number of pyridine rings is 1. The molecule has 2 rings (SSSR count). The molecule has 2 N–H and O–H groups in total. The molecule has 2 unspecified atom stereocenters. The Balaban J connectivity index is 2.69. The van der Waals surface area contributed by atoms with Crippen LogP contribution in [0.25, 0.3) is 11.5 Å². The molecular weight excluding hydrogens is 402 g/mol. The molecule has 6 nitrogen and oxygen atoms in total. The SMILES string of the molecule is [2H]c1cc([2H])c(-c2nc(NC(C)C(F)(F)F)nc(NC([2H])(C([2H])([2H])[2H])C(F)(F)F)n2)nc1Cl. The van der Waals surface area contributed by atoms with Gasteiger partial charge in [-0.25, -0.2) is 4.98 Å². The van der Waals surface area contributed by atoms with Crippen LogP contribution in [-0.4, -0.2) is 44.3 Å². The van der Waals surface area contributed by atoms with Crippen molar-refractivity contribution >= 4 is 23.5 Å². The van der Waals surface area contributed by atoms with Crippen LogP contribution in [0.3, 0.4) is 0 Å². The highest BCUT2D eigenvalue weighted by molar-refractivity contribution is 6.29. The van der Waals surface area contributed by atoms with Gasteiger partial charge in [-0.05, 0) is 25.9 Å². The van der Waals surface area contributed by atoms with Crippen molar-refractivity contribution in [1.29, 1.82) is 0 Å². The van der Waals surface area contributed by atoms with Crippen LogP contribution in [0.1, 0.15) is 22.0 Å². The molecule has 0 aliphatic heterocycles. The van der Waals surface area contributed by atoms with Gasteiger partial charge < -0.3 is 10.6 Å². The first-order valence-electron chi connectivity index (χ1n) is 9.84. The molecule has 0 saturated carbocycles. The molecular formula is C14H13ClF6N6. The Morgan fingerprint density at radius 1 is 1.04 bits per heavy atom. The maximum absolute atomic E-state index is 13.4.